The van der Waals surface area contributed by atoms with E-state index in [1.165, 1.54) is 19.2 Å². The number of methoxy groups -OCH3 is 1. The fourth-order valence-electron chi connectivity index (χ4n) is 1.16. The van der Waals surface area contributed by atoms with Gasteiger partial charge in [0.1, 0.15) is 0 Å². The Balaban J connectivity index is 3.32. The average molecular weight is 207 g/mol. The van der Waals surface area contributed by atoms with Crippen LogP contribution in [0.25, 0.3) is 0 Å². The van der Waals surface area contributed by atoms with Crippen LogP contribution in [0.2, 0.25) is 0 Å². The van der Waals surface area contributed by atoms with Crippen LogP contribution >= 0.6 is 0 Å². The molecule has 15 heavy (non-hydrogen) atoms. The number of benzene rings is 1. The topological polar surface area (TPSA) is 90.5 Å². The van der Waals surface area contributed by atoms with Crippen molar-refractivity contribution < 1.29 is 19.7 Å². The minimum absolute atomic E-state index is 0.0186. The van der Waals surface area contributed by atoms with E-state index in [0.29, 0.717) is 0 Å². The van der Waals surface area contributed by atoms with Crippen LogP contribution in [-0.4, -0.2) is 23.3 Å². The molecule has 0 aliphatic rings. The zero-order valence-corrected chi connectivity index (χ0v) is 8.02. The van der Waals surface area contributed by atoms with Crippen molar-refractivity contribution in [1.29, 1.82) is 5.26 Å². The summed E-state index contributed by atoms with van der Waals surface area (Å²) >= 11 is 0. The van der Waals surface area contributed by atoms with E-state index in [1.54, 1.807) is 0 Å². The van der Waals surface area contributed by atoms with Gasteiger partial charge in [0, 0.05) is 5.56 Å². The highest BCUT2D eigenvalue weighted by Crippen LogP contribution is 2.31. The minimum Gasteiger partial charge on any atom is -0.504 e. The third-order valence-corrected chi connectivity index (χ3v) is 1.89. The second-order valence-electron chi connectivity index (χ2n) is 2.83. The van der Waals surface area contributed by atoms with Crippen molar-refractivity contribution in [3.8, 4) is 17.6 Å². The van der Waals surface area contributed by atoms with E-state index in [4.69, 9.17) is 15.1 Å². The highest BCUT2D eigenvalue weighted by Gasteiger charge is 2.13. The van der Waals surface area contributed by atoms with Gasteiger partial charge in [-0.1, -0.05) is 0 Å². The molecule has 0 aliphatic carbocycles. The van der Waals surface area contributed by atoms with Crippen molar-refractivity contribution in [3.63, 3.8) is 0 Å². The van der Waals surface area contributed by atoms with Crippen LogP contribution in [0.5, 0.6) is 11.5 Å². The molecule has 1 aromatic rings. The summed E-state index contributed by atoms with van der Waals surface area (Å²) in [6.45, 7) is 0. The summed E-state index contributed by atoms with van der Waals surface area (Å²) in [6, 6.07) is 4.29. The van der Waals surface area contributed by atoms with Gasteiger partial charge in [0.25, 0.3) is 0 Å². The maximum absolute atomic E-state index is 10.7. The molecule has 5 heteroatoms. The van der Waals surface area contributed by atoms with E-state index in [9.17, 15) is 9.90 Å². The Hall–Kier alpha value is -2.22. The monoisotopic (exact) mass is 207 g/mol. The molecule has 0 unspecified atom stereocenters. The van der Waals surface area contributed by atoms with E-state index < -0.39 is 5.97 Å². The van der Waals surface area contributed by atoms with Gasteiger partial charge in [-0.2, -0.15) is 5.26 Å². The minimum atomic E-state index is -1.13. The summed E-state index contributed by atoms with van der Waals surface area (Å²) in [6.07, 6.45) is -0.0662. The maximum Gasteiger partial charge on any atom is 0.335 e. The standard InChI is InChI=1S/C10H9NO4/c1-15-8-5-7(10(13)14)4-6(2-3-11)9(8)12/h4-5,12H,2H2,1H3,(H,13,14). The van der Waals surface area contributed by atoms with Crippen LogP contribution in [0.15, 0.2) is 12.1 Å². The summed E-state index contributed by atoms with van der Waals surface area (Å²) in [4.78, 5) is 10.7. The molecular weight excluding hydrogens is 198 g/mol. The van der Waals surface area contributed by atoms with Crippen molar-refractivity contribution in [1.82, 2.24) is 0 Å². The number of rotatable bonds is 3. The van der Waals surface area contributed by atoms with Gasteiger partial charge in [0.2, 0.25) is 0 Å². The number of carboxylic acids is 1. The first-order valence-electron chi connectivity index (χ1n) is 4.10. The zero-order valence-electron chi connectivity index (χ0n) is 8.02. The largest absolute Gasteiger partial charge is 0.504 e. The molecule has 0 bridgehead atoms. The molecule has 1 aromatic carbocycles. The number of carboxylic acid groups (broad SMARTS) is 1. The molecule has 2 N–H and O–H groups in total. The number of hydrogen-bond donors (Lipinski definition) is 2. The number of nitriles is 1. The van der Waals surface area contributed by atoms with Crippen LogP contribution in [0.1, 0.15) is 15.9 Å². The molecule has 1 rings (SSSR count). The Bertz CT molecular complexity index is 434. The number of nitrogens with zero attached hydrogens (tertiary/aromatic N) is 1. The van der Waals surface area contributed by atoms with Crippen molar-refractivity contribution in [2.24, 2.45) is 0 Å². The van der Waals surface area contributed by atoms with Crippen molar-refractivity contribution in [3.05, 3.63) is 23.3 Å². The molecule has 78 valence electrons. The smallest absolute Gasteiger partial charge is 0.335 e. The summed E-state index contributed by atoms with van der Waals surface area (Å²) in [5, 5.41) is 26.8. The van der Waals surface area contributed by atoms with Crippen LogP contribution in [0, 0.1) is 11.3 Å². The Morgan fingerprint density at radius 2 is 2.27 bits per heavy atom. The van der Waals surface area contributed by atoms with Crippen LogP contribution < -0.4 is 4.74 Å². The van der Waals surface area contributed by atoms with Gasteiger partial charge < -0.3 is 14.9 Å². The van der Waals surface area contributed by atoms with E-state index in [2.05, 4.69) is 0 Å². The van der Waals surface area contributed by atoms with Gasteiger partial charge in [0.05, 0.1) is 25.2 Å². The lowest BCUT2D eigenvalue weighted by atomic mass is 10.1. The van der Waals surface area contributed by atoms with Gasteiger partial charge in [-0.25, -0.2) is 4.79 Å². The molecule has 0 saturated carbocycles. The Morgan fingerprint density at radius 3 is 2.73 bits per heavy atom. The summed E-state index contributed by atoms with van der Waals surface area (Å²) < 4.78 is 4.80. The predicted molar refractivity (Wildman–Crippen MR) is 50.9 cm³/mol. The van der Waals surface area contributed by atoms with Crippen LogP contribution in [0.3, 0.4) is 0 Å². The quantitative estimate of drug-likeness (QED) is 0.776. The lowest BCUT2D eigenvalue weighted by Gasteiger charge is -2.08. The first-order valence-corrected chi connectivity index (χ1v) is 4.10. The third kappa shape index (κ3) is 2.17. The van der Waals surface area contributed by atoms with Crippen LogP contribution in [-0.2, 0) is 6.42 Å². The fraction of sp³-hybridized carbons (Fsp3) is 0.200. The molecule has 0 heterocycles. The second kappa shape index (κ2) is 4.33. The van der Waals surface area contributed by atoms with Gasteiger partial charge in [-0.05, 0) is 12.1 Å². The van der Waals surface area contributed by atoms with Crippen molar-refractivity contribution >= 4 is 5.97 Å². The Kier molecular flexibility index (Phi) is 3.13. The van der Waals surface area contributed by atoms with Crippen LogP contribution in [0.4, 0.5) is 0 Å². The molecular formula is C10H9NO4. The zero-order chi connectivity index (χ0) is 11.4. The van der Waals surface area contributed by atoms with Gasteiger partial charge in [0.15, 0.2) is 11.5 Å². The average Bonchev–Trinajstić information content (AvgIpc) is 2.21. The molecule has 0 fully saturated rings. The number of phenolic OH excluding ortho intramolecular Hbond substituents is 1. The summed E-state index contributed by atoms with van der Waals surface area (Å²) in [5.74, 6) is -1.27. The summed E-state index contributed by atoms with van der Waals surface area (Å²) in [5.41, 5.74) is 0.226. The summed E-state index contributed by atoms with van der Waals surface area (Å²) in [7, 11) is 1.32. The Morgan fingerprint density at radius 1 is 1.60 bits per heavy atom. The number of ether oxygens (including phenoxy) is 1. The molecule has 0 atom stereocenters. The molecule has 0 spiro atoms. The van der Waals surface area contributed by atoms with E-state index in [0.717, 1.165) is 0 Å². The van der Waals surface area contributed by atoms with Gasteiger partial charge in [-0.15, -0.1) is 0 Å². The predicted octanol–water partition coefficient (Wildman–Crippen LogP) is 1.17. The molecule has 5 nitrogen and oxygen atoms in total. The van der Waals surface area contributed by atoms with Crippen molar-refractivity contribution in [2.75, 3.05) is 7.11 Å². The molecule has 0 aliphatic heterocycles. The van der Waals surface area contributed by atoms with E-state index >= 15 is 0 Å². The first kappa shape index (κ1) is 10.9. The molecule has 0 radical (unpaired) electrons. The first-order chi connectivity index (χ1) is 7.10. The Labute approximate surface area is 86.1 Å². The highest BCUT2D eigenvalue weighted by molar-refractivity contribution is 5.89. The molecule has 0 saturated heterocycles. The number of aromatic hydroxyl groups is 1. The maximum atomic E-state index is 10.7. The normalized spacial score (nSPS) is 9.33. The third-order valence-electron chi connectivity index (χ3n) is 1.89. The molecule has 0 aromatic heterocycles. The van der Waals surface area contributed by atoms with E-state index in [-0.39, 0.29) is 29.0 Å². The number of aromatic carboxylic acids is 1. The highest BCUT2D eigenvalue weighted by atomic mass is 16.5. The fourth-order valence-corrected chi connectivity index (χ4v) is 1.16. The van der Waals surface area contributed by atoms with Gasteiger partial charge in [-0.3, -0.25) is 0 Å². The van der Waals surface area contributed by atoms with E-state index in [1.807, 2.05) is 6.07 Å². The number of phenols is 1. The lowest BCUT2D eigenvalue weighted by molar-refractivity contribution is 0.0696. The van der Waals surface area contributed by atoms with Crippen molar-refractivity contribution in [2.45, 2.75) is 6.42 Å². The second-order valence-corrected chi connectivity index (χ2v) is 2.83. The number of hydrogen-bond acceptors (Lipinski definition) is 4. The van der Waals surface area contributed by atoms with Gasteiger partial charge >= 0.3 is 5.97 Å². The SMILES string of the molecule is COc1cc(C(=O)O)cc(CC#N)c1O. The molecule has 0 amide bonds. The number of carbonyl (C=O) groups is 1. The lowest BCUT2D eigenvalue weighted by Crippen LogP contribution is -1.99.